The number of hydrogen-bond donors (Lipinski definition) is 1. The molecule has 0 saturated heterocycles. The predicted octanol–water partition coefficient (Wildman–Crippen LogP) is -0.169. The van der Waals surface area contributed by atoms with Crippen molar-refractivity contribution >= 4 is 0 Å². The van der Waals surface area contributed by atoms with Gasteiger partial charge < -0.3 is 5.32 Å². The Balaban J connectivity index is -0.0000000200. The van der Waals surface area contributed by atoms with Gasteiger partial charge in [-0.2, -0.15) is 0 Å². The van der Waals surface area contributed by atoms with Crippen molar-refractivity contribution in [2.75, 3.05) is 14.1 Å². The van der Waals surface area contributed by atoms with Crippen LogP contribution in [0.3, 0.4) is 0 Å². The van der Waals surface area contributed by atoms with E-state index in [-0.39, 0.29) is 52.4 Å². The van der Waals surface area contributed by atoms with E-state index in [1.807, 2.05) is 14.1 Å². The first-order valence-corrected chi connectivity index (χ1v) is 1.00. The third-order valence-electron chi connectivity index (χ3n) is 0. The van der Waals surface area contributed by atoms with Gasteiger partial charge in [0.05, 0.1) is 0 Å². The molecule has 0 amide bonds. The van der Waals surface area contributed by atoms with E-state index in [0.29, 0.717) is 0 Å². The second-order valence-corrected chi connectivity index (χ2v) is 0.500. The van der Waals surface area contributed by atoms with E-state index >= 15 is 0 Å². The first kappa shape index (κ1) is 15.9. The fraction of sp³-hybridized carbons (Fsp3) is 1.00. The van der Waals surface area contributed by atoms with Crippen LogP contribution in [0, 0.1) is 0 Å². The monoisotopic (exact) mass is 225 g/mol. The number of hydrogen-bond acceptors (Lipinski definition) is 1. The molecule has 0 saturated carbocycles. The first-order valence-electron chi connectivity index (χ1n) is 1.00. The van der Waals surface area contributed by atoms with Gasteiger partial charge in [-0.15, -0.1) is 0 Å². The summed E-state index contributed by atoms with van der Waals surface area (Å²) in [6.45, 7) is 0. The van der Waals surface area contributed by atoms with Gasteiger partial charge in [0.1, 0.15) is 0 Å². The molecule has 0 aromatic rings. The molecule has 0 fully saturated rings. The Morgan fingerprint density at radius 1 is 1.00 bits per heavy atom. The summed E-state index contributed by atoms with van der Waals surface area (Å²) in [7, 11) is 3.75. The van der Waals surface area contributed by atoms with Crippen LogP contribution in [0.5, 0.6) is 0 Å². The second kappa shape index (κ2) is 17.2. The van der Waals surface area contributed by atoms with E-state index in [0.717, 1.165) is 0 Å². The quantitative estimate of drug-likeness (QED) is 0.606. The molecule has 0 bridgehead atoms. The smallest absolute Gasteiger partial charge is 0 e. The van der Waals surface area contributed by atoms with Crippen molar-refractivity contribution in [3.63, 3.8) is 0 Å². The van der Waals surface area contributed by atoms with Crippen molar-refractivity contribution < 1.29 is 52.4 Å². The summed E-state index contributed by atoms with van der Waals surface area (Å²) in [5.74, 6) is 0. The molecule has 0 radical (unpaired) electrons. The Hall–Kier alpha value is 1.73. The van der Waals surface area contributed by atoms with Crippen LogP contribution < -0.4 is 5.32 Å². The van der Waals surface area contributed by atoms with Crippen LogP contribution in [0.4, 0.5) is 0 Å². The molecule has 28 valence electrons. The standard InChI is InChI=1S/C2H7N.2Zr/c1-3-2;;/h3H,1-2H3;;. The summed E-state index contributed by atoms with van der Waals surface area (Å²) in [5.41, 5.74) is 0. The van der Waals surface area contributed by atoms with Crippen molar-refractivity contribution in [2.24, 2.45) is 0 Å². The van der Waals surface area contributed by atoms with Crippen molar-refractivity contribution in [1.29, 1.82) is 0 Å². The minimum Gasteiger partial charge on any atom is -0.323 e. The van der Waals surface area contributed by atoms with E-state index in [2.05, 4.69) is 5.32 Å². The molecule has 1 nitrogen and oxygen atoms in total. The summed E-state index contributed by atoms with van der Waals surface area (Å²) in [5, 5.41) is 2.75. The Bertz CT molecular complexity index is 7.61. The third-order valence-corrected chi connectivity index (χ3v) is 0. The van der Waals surface area contributed by atoms with Crippen LogP contribution in [0.2, 0.25) is 0 Å². The van der Waals surface area contributed by atoms with Crippen LogP contribution in [0.15, 0.2) is 0 Å². The van der Waals surface area contributed by atoms with Gasteiger partial charge in [-0.1, -0.05) is 0 Å². The molecule has 3 heteroatoms. The molecule has 0 heterocycles. The average Bonchev–Trinajstić information content (AvgIpc) is 0.918. The SMILES string of the molecule is CNC.[Zr].[Zr]. The molecular weight excluding hydrogens is 220 g/mol. The van der Waals surface area contributed by atoms with E-state index in [1.54, 1.807) is 0 Å². The Labute approximate surface area is 71.2 Å². The molecule has 0 aliphatic heterocycles. The Morgan fingerprint density at radius 3 is 1.00 bits per heavy atom. The Kier molecular flexibility index (Phi) is 54.7. The van der Waals surface area contributed by atoms with Crippen LogP contribution in [0.25, 0.3) is 0 Å². The summed E-state index contributed by atoms with van der Waals surface area (Å²) < 4.78 is 0. The van der Waals surface area contributed by atoms with Crippen molar-refractivity contribution in [1.82, 2.24) is 5.32 Å². The predicted molar refractivity (Wildman–Crippen MR) is 15.0 cm³/mol. The molecule has 5 heavy (non-hydrogen) atoms. The molecule has 0 aromatic carbocycles. The zero-order valence-electron chi connectivity index (χ0n) is 3.50. The third kappa shape index (κ3) is 26.7. The fourth-order valence-electron chi connectivity index (χ4n) is 0. The van der Waals surface area contributed by atoms with Gasteiger partial charge in [0.25, 0.3) is 0 Å². The first-order chi connectivity index (χ1) is 1.41. The molecule has 0 rings (SSSR count). The van der Waals surface area contributed by atoms with Crippen molar-refractivity contribution in [3.8, 4) is 0 Å². The summed E-state index contributed by atoms with van der Waals surface area (Å²) >= 11 is 0. The minimum absolute atomic E-state index is 0. The van der Waals surface area contributed by atoms with Gasteiger partial charge in [0.2, 0.25) is 0 Å². The van der Waals surface area contributed by atoms with Gasteiger partial charge in [-0.05, 0) is 14.1 Å². The van der Waals surface area contributed by atoms with E-state index in [1.165, 1.54) is 0 Å². The van der Waals surface area contributed by atoms with E-state index in [4.69, 9.17) is 0 Å². The maximum atomic E-state index is 2.75. The largest absolute Gasteiger partial charge is 0.323 e. The summed E-state index contributed by atoms with van der Waals surface area (Å²) in [6.07, 6.45) is 0. The van der Waals surface area contributed by atoms with Gasteiger partial charge >= 0.3 is 0 Å². The maximum absolute atomic E-state index is 2.75. The molecule has 0 aromatic heterocycles. The van der Waals surface area contributed by atoms with Gasteiger partial charge in [0, 0.05) is 52.4 Å². The van der Waals surface area contributed by atoms with Crippen molar-refractivity contribution in [2.45, 2.75) is 0 Å². The number of rotatable bonds is 0. The summed E-state index contributed by atoms with van der Waals surface area (Å²) in [4.78, 5) is 0. The molecular formula is C2H7NZr2. The van der Waals surface area contributed by atoms with Crippen LogP contribution >= 0.6 is 0 Å². The van der Waals surface area contributed by atoms with Gasteiger partial charge in [0.15, 0.2) is 0 Å². The van der Waals surface area contributed by atoms with Crippen molar-refractivity contribution in [3.05, 3.63) is 0 Å². The Morgan fingerprint density at radius 2 is 1.00 bits per heavy atom. The molecule has 0 atom stereocenters. The van der Waals surface area contributed by atoms with E-state index in [9.17, 15) is 0 Å². The van der Waals surface area contributed by atoms with Crippen LogP contribution in [0.1, 0.15) is 0 Å². The zero-order valence-corrected chi connectivity index (χ0v) is 8.42. The van der Waals surface area contributed by atoms with Gasteiger partial charge in [-0.25, -0.2) is 0 Å². The normalized spacial score (nSPS) is 3.60. The minimum atomic E-state index is 0. The topological polar surface area (TPSA) is 12.0 Å². The summed E-state index contributed by atoms with van der Waals surface area (Å²) in [6, 6.07) is 0. The van der Waals surface area contributed by atoms with Gasteiger partial charge in [-0.3, -0.25) is 0 Å². The van der Waals surface area contributed by atoms with E-state index < -0.39 is 0 Å². The number of nitrogens with one attached hydrogen (secondary N) is 1. The zero-order chi connectivity index (χ0) is 2.71. The molecule has 0 aliphatic rings. The fourth-order valence-corrected chi connectivity index (χ4v) is 0. The average molecular weight is 228 g/mol. The van der Waals surface area contributed by atoms with Crippen LogP contribution in [-0.2, 0) is 52.4 Å². The molecule has 0 unspecified atom stereocenters. The second-order valence-electron chi connectivity index (χ2n) is 0.500. The maximum Gasteiger partial charge on any atom is 0 e. The molecule has 1 N–H and O–H groups in total. The molecule has 0 spiro atoms. The van der Waals surface area contributed by atoms with Crippen LogP contribution in [-0.4, -0.2) is 14.1 Å². The molecule has 0 aliphatic carbocycles.